The number of thioether (sulfide) groups is 1. The SMILES string of the molecule is NC1N=NCS1. The second-order valence-electron chi connectivity index (χ2n) is 0.943. The minimum atomic E-state index is -0.0787. The molecule has 1 rings (SSSR count). The van der Waals surface area contributed by atoms with Crippen molar-refractivity contribution in [3.05, 3.63) is 0 Å². The highest BCUT2D eigenvalue weighted by molar-refractivity contribution is 7.99. The molecule has 0 bridgehead atoms. The highest BCUT2D eigenvalue weighted by Crippen LogP contribution is 2.13. The summed E-state index contributed by atoms with van der Waals surface area (Å²) in [5, 5.41) is 7.23. The molecule has 4 heteroatoms. The summed E-state index contributed by atoms with van der Waals surface area (Å²) in [4.78, 5) is 0. The Bertz CT molecular complexity index is 71.2. The molecule has 0 amide bonds. The van der Waals surface area contributed by atoms with E-state index in [4.69, 9.17) is 5.73 Å². The van der Waals surface area contributed by atoms with Gasteiger partial charge in [0.15, 0.2) is 5.50 Å². The van der Waals surface area contributed by atoms with Gasteiger partial charge in [0.05, 0.1) is 0 Å². The number of nitrogens with zero attached hydrogens (tertiary/aromatic N) is 2. The Hall–Kier alpha value is -0.0900. The van der Waals surface area contributed by atoms with Gasteiger partial charge in [-0.1, -0.05) is 11.8 Å². The van der Waals surface area contributed by atoms with E-state index in [-0.39, 0.29) is 5.50 Å². The van der Waals surface area contributed by atoms with Crippen LogP contribution >= 0.6 is 11.8 Å². The predicted molar refractivity (Wildman–Crippen MR) is 25.3 cm³/mol. The zero-order valence-electron chi connectivity index (χ0n) is 3.16. The van der Waals surface area contributed by atoms with Gasteiger partial charge in [0.1, 0.15) is 5.88 Å². The van der Waals surface area contributed by atoms with Crippen molar-refractivity contribution in [2.45, 2.75) is 5.50 Å². The first-order chi connectivity index (χ1) is 2.89. The number of hydrogen-bond donors (Lipinski definition) is 1. The number of nitrogens with two attached hydrogens (primary N) is 1. The lowest BCUT2D eigenvalue weighted by Gasteiger charge is -1.86. The van der Waals surface area contributed by atoms with E-state index >= 15 is 0 Å². The van der Waals surface area contributed by atoms with E-state index in [0.717, 1.165) is 5.88 Å². The van der Waals surface area contributed by atoms with Gasteiger partial charge < -0.3 is 0 Å². The number of hydrogen-bond acceptors (Lipinski definition) is 4. The van der Waals surface area contributed by atoms with E-state index in [1.165, 1.54) is 0 Å². The van der Waals surface area contributed by atoms with Crippen LogP contribution in [0.1, 0.15) is 0 Å². The molecule has 0 fully saturated rings. The molecule has 0 aromatic carbocycles. The summed E-state index contributed by atoms with van der Waals surface area (Å²) in [5.74, 6) is 0.737. The fourth-order valence-electron chi connectivity index (χ4n) is 0.257. The molecule has 1 atom stereocenters. The molecule has 0 aromatic rings. The van der Waals surface area contributed by atoms with Crippen molar-refractivity contribution in [1.82, 2.24) is 0 Å². The minimum Gasteiger partial charge on any atom is -0.300 e. The molecule has 2 N–H and O–H groups in total. The second-order valence-corrected chi connectivity index (χ2v) is 2.02. The third-order valence-electron chi connectivity index (χ3n) is 0.498. The Morgan fingerprint density at radius 1 is 1.83 bits per heavy atom. The monoisotopic (exact) mass is 103 g/mol. The lowest BCUT2D eigenvalue weighted by atomic mass is 11.2. The van der Waals surface area contributed by atoms with Crippen LogP contribution in [0.4, 0.5) is 0 Å². The summed E-state index contributed by atoms with van der Waals surface area (Å²) in [6.45, 7) is 0. The van der Waals surface area contributed by atoms with Crippen molar-refractivity contribution < 1.29 is 0 Å². The maximum Gasteiger partial charge on any atom is 0.167 e. The number of rotatable bonds is 0. The van der Waals surface area contributed by atoms with Crippen LogP contribution in [-0.2, 0) is 0 Å². The van der Waals surface area contributed by atoms with Gasteiger partial charge in [-0.15, -0.1) is 0 Å². The zero-order valence-corrected chi connectivity index (χ0v) is 3.98. The summed E-state index contributed by atoms with van der Waals surface area (Å²) in [5.41, 5.74) is 5.16. The second kappa shape index (κ2) is 1.57. The van der Waals surface area contributed by atoms with E-state index in [9.17, 15) is 0 Å². The summed E-state index contributed by atoms with van der Waals surface area (Å²) in [7, 11) is 0. The summed E-state index contributed by atoms with van der Waals surface area (Å²) in [6.07, 6.45) is 0. The van der Waals surface area contributed by atoms with E-state index in [1.807, 2.05) is 0 Å². The Morgan fingerprint density at radius 3 is 2.83 bits per heavy atom. The molecule has 0 radical (unpaired) electrons. The Kier molecular flexibility index (Phi) is 1.07. The van der Waals surface area contributed by atoms with Crippen LogP contribution in [0.2, 0.25) is 0 Å². The predicted octanol–water partition coefficient (Wildman–Crippen LogP) is 0.385. The molecule has 0 saturated carbocycles. The van der Waals surface area contributed by atoms with Crippen molar-refractivity contribution >= 4 is 11.8 Å². The van der Waals surface area contributed by atoms with Gasteiger partial charge in [-0.3, -0.25) is 5.73 Å². The lowest BCUT2D eigenvalue weighted by molar-refractivity contribution is 0.918. The smallest absolute Gasteiger partial charge is 0.167 e. The van der Waals surface area contributed by atoms with Crippen molar-refractivity contribution in [2.24, 2.45) is 16.0 Å². The lowest BCUT2D eigenvalue weighted by Crippen LogP contribution is -2.07. The van der Waals surface area contributed by atoms with E-state index in [1.54, 1.807) is 11.8 Å². The quantitative estimate of drug-likeness (QED) is 0.482. The van der Waals surface area contributed by atoms with E-state index in [2.05, 4.69) is 10.2 Å². The third kappa shape index (κ3) is 0.693. The average Bonchev–Trinajstić information content (AvgIpc) is 1.86. The molecule has 1 aliphatic rings. The fraction of sp³-hybridized carbons (Fsp3) is 1.00. The maximum absolute atomic E-state index is 5.24. The summed E-state index contributed by atoms with van der Waals surface area (Å²) >= 11 is 1.54. The largest absolute Gasteiger partial charge is 0.300 e. The first-order valence-corrected chi connectivity index (χ1v) is 2.68. The molecule has 1 heterocycles. The van der Waals surface area contributed by atoms with Gasteiger partial charge in [-0.05, 0) is 0 Å². The molecule has 1 aliphatic heterocycles. The molecular weight excluding hydrogens is 98.1 g/mol. The Balaban J connectivity index is 2.38. The first-order valence-electron chi connectivity index (χ1n) is 1.63. The van der Waals surface area contributed by atoms with Crippen LogP contribution in [0.5, 0.6) is 0 Å². The third-order valence-corrected chi connectivity index (χ3v) is 1.20. The topological polar surface area (TPSA) is 50.7 Å². The molecule has 6 heavy (non-hydrogen) atoms. The molecule has 0 aromatic heterocycles. The van der Waals surface area contributed by atoms with Crippen LogP contribution in [0, 0.1) is 0 Å². The van der Waals surface area contributed by atoms with Gasteiger partial charge in [-0.2, -0.15) is 10.2 Å². The Labute approximate surface area is 40.0 Å². The number of azo groups is 1. The van der Waals surface area contributed by atoms with Gasteiger partial charge in [0, 0.05) is 0 Å². The molecular formula is C2H5N3S. The molecule has 1 unspecified atom stereocenters. The molecule has 0 saturated heterocycles. The maximum atomic E-state index is 5.24. The normalized spacial score (nSPS) is 31.8. The van der Waals surface area contributed by atoms with Crippen LogP contribution in [0.25, 0.3) is 0 Å². The molecule has 34 valence electrons. The zero-order chi connectivity index (χ0) is 4.41. The van der Waals surface area contributed by atoms with Gasteiger partial charge in [0.25, 0.3) is 0 Å². The van der Waals surface area contributed by atoms with Crippen molar-refractivity contribution in [2.75, 3.05) is 5.88 Å². The molecule has 3 nitrogen and oxygen atoms in total. The highest BCUT2D eigenvalue weighted by atomic mass is 32.2. The minimum absolute atomic E-state index is 0.0787. The standard InChI is InChI=1S/C2H5N3S/c3-2-5-4-1-6-2/h2H,1,3H2. The van der Waals surface area contributed by atoms with Crippen LogP contribution in [0.15, 0.2) is 10.2 Å². The van der Waals surface area contributed by atoms with Crippen molar-refractivity contribution in [3.8, 4) is 0 Å². The Morgan fingerprint density at radius 2 is 2.67 bits per heavy atom. The summed E-state index contributed by atoms with van der Waals surface area (Å²) in [6, 6.07) is 0. The van der Waals surface area contributed by atoms with Crippen LogP contribution < -0.4 is 5.73 Å². The van der Waals surface area contributed by atoms with Gasteiger partial charge in [-0.25, -0.2) is 0 Å². The summed E-state index contributed by atoms with van der Waals surface area (Å²) < 4.78 is 0. The van der Waals surface area contributed by atoms with Crippen molar-refractivity contribution in [3.63, 3.8) is 0 Å². The fourth-order valence-corrected chi connectivity index (χ4v) is 0.676. The first kappa shape index (κ1) is 4.08. The average molecular weight is 103 g/mol. The van der Waals surface area contributed by atoms with E-state index in [0.29, 0.717) is 0 Å². The van der Waals surface area contributed by atoms with Crippen LogP contribution in [-0.4, -0.2) is 11.4 Å². The van der Waals surface area contributed by atoms with E-state index < -0.39 is 0 Å². The molecule has 0 spiro atoms. The van der Waals surface area contributed by atoms with Gasteiger partial charge >= 0.3 is 0 Å². The highest BCUT2D eigenvalue weighted by Gasteiger charge is 2.02. The molecule has 0 aliphatic carbocycles. The van der Waals surface area contributed by atoms with Crippen LogP contribution in [0.3, 0.4) is 0 Å². The van der Waals surface area contributed by atoms with Crippen molar-refractivity contribution in [1.29, 1.82) is 0 Å². The van der Waals surface area contributed by atoms with Gasteiger partial charge in [0.2, 0.25) is 0 Å².